The van der Waals surface area contributed by atoms with Gasteiger partial charge in [0.1, 0.15) is 0 Å². The third kappa shape index (κ3) is 6.39. The molecule has 8 heteroatoms. The molecule has 0 spiro atoms. The minimum Gasteiger partial charge on any atom is -0.379 e. The zero-order valence-corrected chi connectivity index (χ0v) is 16.9. The van der Waals surface area contributed by atoms with Gasteiger partial charge in [-0.25, -0.2) is 5.43 Å². The molecule has 2 aromatic rings. The van der Waals surface area contributed by atoms with Gasteiger partial charge in [0.15, 0.2) is 0 Å². The van der Waals surface area contributed by atoms with Crippen LogP contribution in [-0.2, 0) is 9.53 Å². The molecule has 0 saturated carbocycles. The average Bonchev–Trinajstić information content (AvgIpc) is 2.73. The van der Waals surface area contributed by atoms with Gasteiger partial charge in [0, 0.05) is 29.4 Å². The van der Waals surface area contributed by atoms with Crippen LogP contribution in [0.2, 0.25) is 5.02 Å². The van der Waals surface area contributed by atoms with Crippen molar-refractivity contribution in [2.24, 2.45) is 5.10 Å². The van der Waals surface area contributed by atoms with Crippen LogP contribution in [0.3, 0.4) is 0 Å². The van der Waals surface area contributed by atoms with Crippen molar-refractivity contribution in [3.63, 3.8) is 0 Å². The summed E-state index contributed by atoms with van der Waals surface area (Å²) in [5.41, 5.74) is 5.12. The van der Waals surface area contributed by atoms with E-state index in [0.29, 0.717) is 35.2 Å². The summed E-state index contributed by atoms with van der Waals surface area (Å²) in [6.45, 7) is 4.85. The molecule has 152 valence electrons. The zero-order valence-electron chi connectivity index (χ0n) is 16.2. The quantitative estimate of drug-likeness (QED) is 0.562. The molecule has 0 bridgehead atoms. The lowest BCUT2D eigenvalue weighted by molar-refractivity contribution is -0.123. The number of morpholine rings is 1. The SMILES string of the molecule is C/C(=N/NC(=O)CN1CCOCC1)c1cccc(NC(=O)c2cccc(Cl)c2)c1. The van der Waals surface area contributed by atoms with Crippen LogP contribution in [0.15, 0.2) is 53.6 Å². The molecule has 1 aliphatic rings. The van der Waals surface area contributed by atoms with E-state index in [9.17, 15) is 9.59 Å². The first-order valence-corrected chi connectivity index (χ1v) is 9.69. The molecule has 2 amide bonds. The van der Waals surface area contributed by atoms with E-state index in [0.717, 1.165) is 18.7 Å². The Labute approximate surface area is 174 Å². The number of hydrogen-bond donors (Lipinski definition) is 2. The van der Waals surface area contributed by atoms with Gasteiger partial charge in [-0.1, -0.05) is 29.8 Å². The van der Waals surface area contributed by atoms with E-state index < -0.39 is 0 Å². The van der Waals surface area contributed by atoms with Crippen molar-refractivity contribution >= 4 is 34.8 Å². The smallest absolute Gasteiger partial charge is 0.255 e. The predicted molar refractivity (Wildman–Crippen MR) is 113 cm³/mol. The number of halogens is 1. The molecular formula is C21H23ClN4O3. The van der Waals surface area contributed by atoms with Crippen LogP contribution >= 0.6 is 11.6 Å². The van der Waals surface area contributed by atoms with E-state index in [2.05, 4.69) is 15.8 Å². The molecule has 2 N–H and O–H groups in total. The van der Waals surface area contributed by atoms with E-state index in [1.165, 1.54) is 0 Å². The summed E-state index contributed by atoms with van der Waals surface area (Å²) in [4.78, 5) is 26.5. The number of anilines is 1. The number of benzene rings is 2. The largest absolute Gasteiger partial charge is 0.379 e. The van der Waals surface area contributed by atoms with Gasteiger partial charge in [-0.2, -0.15) is 5.10 Å². The molecule has 0 aromatic heterocycles. The Morgan fingerprint density at radius 3 is 2.59 bits per heavy atom. The Balaban J connectivity index is 1.59. The fourth-order valence-electron chi connectivity index (χ4n) is 2.86. The number of ether oxygens (including phenoxy) is 1. The molecule has 0 radical (unpaired) electrons. The van der Waals surface area contributed by atoms with Crippen molar-refractivity contribution in [2.75, 3.05) is 38.2 Å². The normalized spacial score (nSPS) is 15.0. The maximum Gasteiger partial charge on any atom is 0.255 e. The first-order valence-electron chi connectivity index (χ1n) is 9.32. The summed E-state index contributed by atoms with van der Waals surface area (Å²) < 4.78 is 5.27. The second kappa shape index (κ2) is 10.2. The Kier molecular flexibility index (Phi) is 7.35. The summed E-state index contributed by atoms with van der Waals surface area (Å²) in [6.07, 6.45) is 0. The van der Waals surface area contributed by atoms with E-state index in [1.54, 1.807) is 43.3 Å². The molecule has 1 heterocycles. The molecule has 0 atom stereocenters. The number of rotatable bonds is 6. The third-order valence-electron chi connectivity index (χ3n) is 4.44. The first-order chi connectivity index (χ1) is 14.0. The number of amides is 2. The van der Waals surface area contributed by atoms with Crippen LogP contribution in [0.1, 0.15) is 22.8 Å². The Hall–Kier alpha value is -2.74. The summed E-state index contributed by atoms with van der Waals surface area (Å²) in [5, 5.41) is 7.52. The lowest BCUT2D eigenvalue weighted by atomic mass is 10.1. The van der Waals surface area contributed by atoms with Gasteiger partial charge in [-0.3, -0.25) is 14.5 Å². The second-order valence-electron chi connectivity index (χ2n) is 6.67. The topological polar surface area (TPSA) is 83.0 Å². The standard InChI is InChI=1S/C21H23ClN4O3/c1-15(24-25-20(27)14-26-8-10-29-11-9-26)16-4-3-7-19(13-16)23-21(28)17-5-2-6-18(22)12-17/h2-7,12-13H,8-11,14H2,1H3,(H,23,28)(H,25,27)/b24-15-. The Morgan fingerprint density at radius 1 is 1.10 bits per heavy atom. The van der Waals surface area contributed by atoms with Crippen LogP contribution in [0.5, 0.6) is 0 Å². The van der Waals surface area contributed by atoms with Gasteiger partial charge in [-0.15, -0.1) is 0 Å². The molecule has 1 fully saturated rings. The van der Waals surface area contributed by atoms with E-state index in [1.807, 2.05) is 17.0 Å². The number of nitrogens with zero attached hydrogens (tertiary/aromatic N) is 2. The molecule has 1 aliphatic heterocycles. The maximum atomic E-state index is 12.4. The minimum absolute atomic E-state index is 0.170. The summed E-state index contributed by atoms with van der Waals surface area (Å²) in [7, 11) is 0. The molecule has 29 heavy (non-hydrogen) atoms. The van der Waals surface area contributed by atoms with Crippen molar-refractivity contribution < 1.29 is 14.3 Å². The maximum absolute atomic E-state index is 12.4. The fourth-order valence-corrected chi connectivity index (χ4v) is 3.05. The lowest BCUT2D eigenvalue weighted by Gasteiger charge is -2.25. The molecular weight excluding hydrogens is 392 g/mol. The average molecular weight is 415 g/mol. The number of hydrogen-bond acceptors (Lipinski definition) is 5. The summed E-state index contributed by atoms with van der Waals surface area (Å²) in [6, 6.07) is 14.0. The molecule has 7 nitrogen and oxygen atoms in total. The number of hydrazone groups is 1. The van der Waals surface area contributed by atoms with Gasteiger partial charge in [-0.05, 0) is 42.8 Å². The van der Waals surface area contributed by atoms with Crippen LogP contribution in [-0.4, -0.2) is 55.3 Å². The Morgan fingerprint density at radius 2 is 1.83 bits per heavy atom. The number of nitrogens with one attached hydrogen (secondary N) is 2. The molecule has 3 rings (SSSR count). The highest BCUT2D eigenvalue weighted by Crippen LogP contribution is 2.15. The van der Waals surface area contributed by atoms with Crippen LogP contribution in [0.25, 0.3) is 0 Å². The number of carbonyl (C=O) groups excluding carboxylic acids is 2. The van der Waals surface area contributed by atoms with Gasteiger partial charge in [0.25, 0.3) is 11.8 Å². The van der Waals surface area contributed by atoms with Crippen molar-refractivity contribution in [1.29, 1.82) is 0 Å². The van der Waals surface area contributed by atoms with Crippen LogP contribution in [0, 0.1) is 0 Å². The van der Waals surface area contributed by atoms with E-state index >= 15 is 0 Å². The van der Waals surface area contributed by atoms with Crippen LogP contribution in [0.4, 0.5) is 5.69 Å². The van der Waals surface area contributed by atoms with Crippen molar-refractivity contribution in [2.45, 2.75) is 6.92 Å². The first kappa shape index (κ1) is 21.0. The Bertz CT molecular complexity index is 910. The predicted octanol–water partition coefficient (Wildman–Crippen LogP) is 2.76. The van der Waals surface area contributed by atoms with Gasteiger partial charge in [0.2, 0.25) is 0 Å². The molecule has 1 saturated heterocycles. The van der Waals surface area contributed by atoms with Crippen molar-refractivity contribution in [3.8, 4) is 0 Å². The number of carbonyl (C=O) groups is 2. The minimum atomic E-state index is -0.252. The molecule has 2 aromatic carbocycles. The fraction of sp³-hybridized carbons (Fsp3) is 0.286. The third-order valence-corrected chi connectivity index (χ3v) is 4.68. The van der Waals surface area contributed by atoms with E-state index in [-0.39, 0.29) is 18.4 Å². The molecule has 0 aliphatic carbocycles. The summed E-state index contributed by atoms with van der Waals surface area (Å²) >= 11 is 5.94. The molecule has 0 unspecified atom stereocenters. The monoisotopic (exact) mass is 414 g/mol. The van der Waals surface area contributed by atoms with E-state index in [4.69, 9.17) is 16.3 Å². The second-order valence-corrected chi connectivity index (χ2v) is 7.10. The van der Waals surface area contributed by atoms with Crippen LogP contribution < -0.4 is 10.7 Å². The highest BCUT2D eigenvalue weighted by Gasteiger charge is 2.14. The summed E-state index contributed by atoms with van der Waals surface area (Å²) in [5.74, 6) is -0.422. The zero-order chi connectivity index (χ0) is 20.6. The van der Waals surface area contributed by atoms with Gasteiger partial charge in [0.05, 0.1) is 25.5 Å². The highest BCUT2D eigenvalue weighted by atomic mass is 35.5. The highest BCUT2D eigenvalue weighted by molar-refractivity contribution is 6.31. The van der Waals surface area contributed by atoms with Gasteiger partial charge >= 0.3 is 0 Å². The van der Waals surface area contributed by atoms with Crippen molar-refractivity contribution in [1.82, 2.24) is 10.3 Å². The van der Waals surface area contributed by atoms with Gasteiger partial charge < -0.3 is 10.1 Å². The lowest BCUT2D eigenvalue weighted by Crippen LogP contribution is -2.42. The van der Waals surface area contributed by atoms with Crippen molar-refractivity contribution in [3.05, 3.63) is 64.7 Å².